The highest BCUT2D eigenvalue weighted by molar-refractivity contribution is 7.86. The molecule has 2 heterocycles. The van der Waals surface area contributed by atoms with Crippen LogP contribution in [-0.2, 0) is 26.1 Å². The Labute approximate surface area is 177 Å². The van der Waals surface area contributed by atoms with Gasteiger partial charge < -0.3 is 9.30 Å². The van der Waals surface area contributed by atoms with Gasteiger partial charge in [-0.25, -0.2) is 13.7 Å². The number of pyridine rings is 1. The van der Waals surface area contributed by atoms with E-state index in [1.807, 2.05) is 17.6 Å². The molecule has 3 rings (SSSR count). The predicted octanol–water partition coefficient (Wildman–Crippen LogP) is 2.28. The zero-order valence-electron chi connectivity index (χ0n) is 18.2. The standard InChI is InChI=1S/C21H25N4O4S/c1-5-12-25(3,15-21(26)29-4)30(27,28)18-8-6-17(7-9-18)14-24-16(2)23-19-10-11-22-13-20(19)24/h5-11,13H,1,12,14-15H2,2-4H3/q+1/i8D. The van der Waals surface area contributed by atoms with E-state index >= 15 is 0 Å². The lowest BCUT2D eigenvalue weighted by molar-refractivity contribution is -0.770. The van der Waals surface area contributed by atoms with E-state index in [9.17, 15) is 13.2 Å². The van der Waals surface area contributed by atoms with Crippen molar-refractivity contribution in [2.75, 3.05) is 27.2 Å². The summed E-state index contributed by atoms with van der Waals surface area (Å²) >= 11 is 0. The summed E-state index contributed by atoms with van der Waals surface area (Å²) in [5, 5.41) is 0. The second kappa shape index (κ2) is 8.37. The number of benzene rings is 1. The summed E-state index contributed by atoms with van der Waals surface area (Å²) in [6.07, 6.45) is 4.83. The predicted molar refractivity (Wildman–Crippen MR) is 113 cm³/mol. The molecular weight excluding hydrogens is 404 g/mol. The van der Waals surface area contributed by atoms with E-state index in [2.05, 4.69) is 21.3 Å². The van der Waals surface area contributed by atoms with Crippen LogP contribution >= 0.6 is 0 Å². The van der Waals surface area contributed by atoms with E-state index in [1.165, 1.54) is 32.4 Å². The van der Waals surface area contributed by atoms with Crippen LogP contribution in [0.4, 0.5) is 0 Å². The van der Waals surface area contributed by atoms with Crippen LogP contribution in [0.15, 0.2) is 60.3 Å². The van der Waals surface area contributed by atoms with Gasteiger partial charge in [-0.2, -0.15) is 8.42 Å². The molecular formula is C21H25N4O4S+. The van der Waals surface area contributed by atoms with Gasteiger partial charge in [0.2, 0.25) is 0 Å². The highest BCUT2D eigenvalue weighted by atomic mass is 32.2. The zero-order valence-corrected chi connectivity index (χ0v) is 18.0. The van der Waals surface area contributed by atoms with Crippen molar-refractivity contribution in [1.82, 2.24) is 14.5 Å². The summed E-state index contributed by atoms with van der Waals surface area (Å²) in [7, 11) is -1.46. The number of fused-ring (bicyclic) bond motifs is 1. The number of hydrogen-bond donors (Lipinski definition) is 0. The molecule has 2 aromatic heterocycles. The fourth-order valence-electron chi connectivity index (χ4n) is 3.27. The molecule has 1 atom stereocenters. The van der Waals surface area contributed by atoms with Crippen molar-refractivity contribution >= 4 is 27.0 Å². The van der Waals surface area contributed by atoms with Gasteiger partial charge >= 0.3 is 16.0 Å². The number of likely N-dealkylation sites (N-methyl/N-ethyl adjacent to an activating group) is 1. The fourth-order valence-corrected chi connectivity index (χ4v) is 4.77. The van der Waals surface area contributed by atoms with Gasteiger partial charge in [0.05, 0.1) is 32.8 Å². The number of imidazole rings is 1. The Morgan fingerprint density at radius 2 is 2.13 bits per heavy atom. The Bertz CT molecular complexity index is 1260. The fraction of sp³-hybridized carbons (Fsp3) is 0.286. The maximum Gasteiger partial charge on any atom is 0.362 e. The average molecular weight is 431 g/mol. The molecule has 0 saturated carbocycles. The number of aromatic nitrogens is 3. The highest BCUT2D eigenvalue weighted by Crippen LogP contribution is 2.24. The zero-order chi connectivity index (χ0) is 22.8. The van der Waals surface area contributed by atoms with Crippen LogP contribution in [0.5, 0.6) is 0 Å². The SMILES string of the molecule is [2H]c1cc(Cn2c(C)nc3ccncc32)ccc1S(=O)(=O)[N+](C)(CC=C)CC(=O)OC. The first-order chi connectivity index (χ1) is 14.6. The maximum absolute atomic E-state index is 13.3. The second-order valence-electron chi connectivity index (χ2n) is 7.15. The minimum Gasteiger partial charge on any atom is -0.465 e. The largest absolute Gasteiger partial charge is 0.465 e. The number of quaternary nitrogens is 1. The molecule has 0 amide bonds. The highest BCUT2D eigenvalue weighted by Gasteiger charge is 2.40. The van der Waals surface area contributed by atoms with Gasteiger partial charge in [0, 0.05) is 12.7 Å². The molecule has 0 aliphatic heterocycles. The summed E-state index contributed by atoms with van der Waals surface area (Å²) < 4.78 is 41.0. The normalized spacial score (nSPS) is 14.2. The summed E-state index contributed by atoms with van der Waals surface area (Å²) in [6.45, 7) is 5.51. The third kappa shape index (κ3) is 3.99. The molecule has 3 aromatic rings. The molecule has 0 aliphatic carbocycles. The van der Waals surface area contributed by atoms with E-state index in [0.29, 0.717) is 6.54 Å². The van der Waals surface area contributed by atoms with E-state index in [1.54, 1.807) is 18.5 Å². The Balaban J connectivity index is 1.98. The third-order valence-corrected chi connectivity index (χ3v) is 7.24. The number of esters is 1. The topological polar surface area (TPSA) is 91.1 Å². The minimum absolute atomic E-state index is 0.00809. The van der Waals surface area contributed by atoms with Gasteiger partial charge in [0.1, 0.15) is 17.3 Å². The van der Waals surface area contributed by atoms with Crippen molar-refractivity contribution in [3.63, 3.8) is 0 Å². The van der Waals surface area contributed by atoms with Gasteiger partial charge in [-0.1, -0.05) is 18.7 Å². The molecule has 0 spiro atoms. The van der Waals surface area contributed by atoms with Crippen LogP contribution in [0.1, 0.15) is 12.8 Å². The monoisotopic (exact) mass is 430 g/mol. The van der Waals surface area contributed by atoms with Crippen molar-refractivity contribution in [3.8, 4) is 0 Å². The van der Waals surface area contributed by atoms with Crippen molar-refractivity contribution in [2.24, 2.45) is 0 Å². The number of nitrogens with zero attached hydrogens (tertiary/aromatic N) is 4. The Morgan fingerprint density at radius 1 is 1.37 bits per heavy atom. The molecule has 1 unspecified atom stereocenters. The Kier molecular flexibility index (Phi) is 5.65. The molecule has 0 fully saturated rings. The Morgan fingerprint density at radius 3 is 2.80 bits per heavy atom. The van der Waals surface area contributed by atoms with Gasteiger partial charge in [0.15, 0.2) is 6.54 Å². The van der Waals surface area contributed by atoms with Crippen LogP contribution < -0.4 is 0 Å². The average Bonchev–Trinajstić information content (AvgIpc) is 3.03. The minimum atomic E-state index is -4.07. The number of methoxy groups -OCH3 is 1. The van der Waals surface area contributed by atoms with Crippen LogP contribution in [-0.4, -0.2) is 60.1 Å². The first kappa shape index (κ1) is 20.2. The van der Waals surface area contributed by atoms with Gasteiger partial charge in [-0.15, -0.1) is 0 Å². The smallest absolute Gasteiger partial charge is 0.362 e. The molecule has 8 nitrogen and oxygen atoms in total. The number of ether oxygens (including phenoxy) is 1. The first-order valence-electron chi connectivity index (χ1n) is 9.77. The number of rotatable bonds is 8. The van der Waals surface area contributed by atoms with Crippen LogP contribution in [0.3, 0.4) is 0 Å². The maximum atomic E-state index is 13.3. The number of carbonyl (C=O) groups is 1. The molecule has 158 valence electrons. The van der Waals surface area contributed by atoms with Crippen LogP contribution in [0.25, 0.3) is 11.0 Å². The lowest BCUT2D eigenvalue weighted by Gasteiger charge is -2.30. The van der Waals surface area contributed by atoms with Crippen molar-refractivity contribution in [1.29, 1.82) is 0 Å². The van der Waals surface area contributed by atoms with Gasteiger partial charge in [-0.3, -0.25) is 4.98 Å². The third-order valence-electron chi connectivity index (χ3n) is 5.00. The molecule has 0 N–H and O–H groups in total. The van der Waals surface area contributed by atoms with Crippen molar-refractivity contribution < 1.29 is 23.2 Å². The van der Waals surface area contributed by atoms with Gasteiger partial charge in [-0.05, 0) is 36.7 Å². The number of hydrogen-bond acceptors (Lipinski definition) is 6. The molecule has 1 aromatic carbocycles. The summed E-state index contributed by atoms with van der Waals surface area (Å²) in [5.41, 5.74) is 2.43. The number of sulfonamides is 1. The molecule has 9 heteroatoms. The molecule has 0 saturated heterocycles. The summed E-state index contributed by atoms with van der Waals surface area (Å²) in [5.74, 6) is 0.131. The number of aryl methyl sites for hydroxylation is 1. The quantitative estimate of drug-likeness (QED) is 0.309. The van der Waals surface area contributed by atoms with Crippen LogP contribution in [0.2, 0.25) is 0 Å². The number of carbonyl (C=O) groups excluding carboxylic acids is 1. The molecule has 30 heavy (non-hydrogen) atoms. The second-order valence-corrected chi connectivity index (χ2v) is 9.42. The van der Waals surface area contributed by atoms with E-state index < -0.39 is 19.9 Å². The van der Waals surface area contributed by atoms with Crippen LogP contribution in [0, 0.1) is 6.92 Å². The van der Waals surface area contributed by atoms with Crippen molar-refractivity contribution in [3.05, 3.63) is 66.7 Å². The van der Waals surface area contributed by atoms with Gasteiger partial charge in [0.25, 0.3) is 0 Å². The summed E-state index contributed by atoms with van der Waals surface area (Å²) in [4.78, 5) is 20.3. The van der Waals surface area contributed by atoms with E-state index in [0.717, 1.165) is 22.4 Å². The van der Waals surface area contributed by atoms with Crippen molar-refractivity contribution in [2.45, 2.75) is 18.4 Å². The Hall–Kier alpha value is -3.04. The molecule has 0 radical (unpaired) electrons. The summed E-state index contributed by atoms with van der Waals surface area (Å²) in [6, 6.07) is 6.28. The first-order valence-corrected chi connectivity index (χ1v) is 10.7. The molecule has 0 bridgehead atoms. The van der Waals surface area contributed by atoms with E-state index in [4.69, 9.17) is 1.37 Å². The van der Waals surface area contributed by atoms with E-state index in [-0.39, 0.29) is 24.0 Å². The molecule has 0 aliphatic rings. The lowest BCUT2D eigenvalue weighted by atomic mass is 10.2. The lowest BCUT2D eigenvalue weighted by Crippen LogP contribution is -2.52.